The second kappa shape index (κ2) is 6.73. The van der Waals surface area contributed by atoms with E-state index < -0.39 is 0 Å². The highest BCUT2D eigenvalue weighted by molar-refractivity contribution is 5.49. The van der Waals surface area contributed by atoms with Gasteiger partial charge in [-0.1, -0.05) is 26.7 Å². The molecule has 1 saturated carbocycles. The van der Waals surface area contributed by atoms with Gasteiger partial charge in [0.05, 0.1) is 17.6 Å². The number of hydrogen-bond donors (Lipinski definition) is 1. The Bertz CT molecular complexity index is 460. The van der Waals surface area contributed by atoms with E-state index in [0.29, 0.717) is 5.92 Å². The molecule has 1 aromatic heterocycles. The molecule has 0 atom stereocenters. The van der Waals surface area contributed by atoms with Gasteiger partial charge in [-0.3, -0.25) is 0 Å². The summed E-state index contributed by atoms with van der Waals surface area (Å²) >= 11 is 0. The Morgan fingerprint density at radius 1 is 1.19 bits per heavy atom. The van der Waals surface area contributed by atoms with Crippen molar-refractivity contribution in [2.75, 3.05) is 18.0 Å². The SMILES string of the molecule is CC(C)c1ncc(N2CCCCCC2)c(CNC2CC2)n1. The van der Waals surface area contributed by atoms with Crippen LogP contribution in [0.25, 0.3) is 0 Å². The smallest absolute Gasteiger partial charge is 0.131 e. The van der Waals surface area contributed by atoms with Gasteiger partial charge in [-0.2, -0.15) is 0 Å². The van der Waals surface area contributed by atoms with Crippen molar-refractivity contribution in [1.29, 1.82) is 0 Å². The molecule has 1 aliphatic carbocycles. The predicted molar refractivity (Wildman–Crippen MR) is 86.7 cm³/mol. The molecule has 0 spiro atoms. The molecule has 0 radical (unpaired) electrons. The van der Waals surface area contributed by atoms with E-state index in [-0.39, 0.29) is 0 Å². The molecule has 0 aromatic carbocycles. The normalized spacial score (nSPS) is 19.9. The zero-order valence-corrected chi connectivity index (χ0v) is 13.4. The van der Waals surface area contributed by atoms with Crippen LogP contribution >= 0.6 is 0 Å². The van der Waals surface area contributed by atoms with Gasteiger partial charge in [0.15, 0.2) is 0 Å². The van der Waals surface area contributed by atoms with Gasteiger partial charge in [-0.15, -0.1) is 0 Å². The lowest BCUT2D eigenvalue weighted by atomic mass is 10.2. The van der Waals surface area contributed by atoms with E-state index in [4.69, 9.17) is 4.98 Å². The highest BCUT2D eigenvalue weighted by Gasteiger charge is 2.22. The Morgan fingerprint density at radius 3 is 2.52 bits per heavy atom. The minimum absolute atomic E-state index is 0.392. The second-order valence-electron chi connectivity index (χ2n) is 6.77. The first kappa shape index (κ1) is 14.8. The molecule has 3 rings (SSSR count). The van der Waals surface area contributed by atoms with Gasteiger partial charge in [-0.05, 0) is 25.7 Å². The van der Waals surface area contributed by atoms with Crippen molar-refractivity contribution in [1.82, 2.24) is 15.3 Å². The molecular weight excluding hydrogens is 260 g/mol. The van der Waals surface area contributed by atoms with Crippen molar-refractivity contribution in [2.24, 2.45) is 0 Å². The van der Waals surface area contributed by atoms with E-state index in [1.807, 2.05) is 0 Å². The van der Waals surface area contributed by atoms with Gasteiger partial charge in [-0.25, -0.2) is 9.97 Å². The first-order chi connectivity index (χ1) is 10.2. The van der Waals surface area contributed by atoms with Gasteiger partial charge in [0, 0.05) is 31.6 Å². The fourth-order valence-electron chi connectivity index (χ4n) is 2.94. The lowest BCUT2D eigenvalue weighted by molar-refractivity contribution is 0.652. The molecule has 1 aliphatic heterocycles. The van der Waals surface area contributed by atoms with Crippen LogP contribution in [0.2, 0.25) is 0 Å². The maximum Gasteiger partial charge on any atom is 0.131 e. The summed E-state index contributed by atoms with van der Waals surface area (Å²) in [6, 6.07) is 0.722. The lowest BCUT2D eigenvalue weighted by Crippen LogP contribution is -2.28. The Hall–Kier alpha value is -1.16. The van der Waals surface area contributed by atoms with Crippen molar-refractivity contribution < 1.29 is 0 Å². The molecule has 4 nitrogen and oxygen atoms in total. The zero-order chi connectivity index (χ0) is 14.7. The third-order valence-corrected chi connectivity index (χ3v) is 4.46. The summed E-state index contributed by atoms with van der Waals surface area (Å²) in [7, 11) is 0. The Labute approximate surface area is 128 Å². The molecule has 1 N–H and O–H groups in total. The quantitative estimate of drug-likeness (QED) is 0.903. The molecule has 116 valence electrons. The topological polar surface area (TPSA) is 41.1 Å². The zero-order valence-electron chi connectivity index (χ0n) is 13.4. The van der Waals surface area contributed by atoms with E-state index in [1.54, 1.807) is 0 Å². The van der Waals surface area contributed by atoms with E-state index in [9.17, 15) is 0 Å². The Morgan fingerprint density at radius 2 is 1.90 bits per heavy atom. The molecule has 2 heterocycles. The maximum atomic E-state index is 4.86. The summed E-state index contributed by atoms with van der Waals surface area (Å²) < 4.78 is 0. The molecule has 1 aromatic rings. The van der Waals surface area contributed by atoms with Crippen molar-refractivity contribution in [3.8, 4) is 0 Å². The number of aromatic nitrogens is 2. The minimum Gasteiger partial charge on any atom is -0.369 e. The number of rotatable bonds is 5. The molecule has 0 unspecified atom stereocenters. The van der Waals surface area contributed by atoms with Crippen LogP contribution in [0, 0.1) is 0 Å². The van der Waals surface area contributed by atoms with E-state index in [2.05, 4.69) is 35.2 Å². The van der Waals surface area contributed by atoms with Crippen LogP contribution < -0.4 is 10.2 Å². The van der Waals surface area contributed by atoms with Crippen LogP contribution in [-0.2, 0) is 6.54 Å². The lowest BCUT2D eigenvalue weighted by Gasteiger charge is -2.25. The summed E-state index contributed by atoms with van der Waals surface area (Å²) in [5, 5.41) is 3.62. The van der Waals surface area contributed by atoms with Crippen LogP contribution in [0.5, 0.6) is 0 Å². The average Bonchev–Trinajstić information content (AvgIpc) is 3.31. The van der Waals surface area contributed by atoms with Crippen LogP contribution in [0.3, 0.4) is 0 Å². The summed E-state index contributed by atoms with van der Waals surface area (Å²) in [4.78, 5) is 12.0. The third-order valence-electron chi connectivity index (χ3n) is 4.46. The van der Waals surface area contributed by atoms with Crippen LogP contribution in [0.1, 0.15) is 69.8 Å². The Balaban J connectivity index is 1.81. The van der Waals surface area contributed by atoms with Crippen molar-refractivity contribution in [3.05, 3.63) is 17.7 Å². The number of hydrogen-bond acceptors (Lipinski definition) is 4. The van der Waals surface area contributed by atoms with Crippen molar-refractivity contribution >= 4 is 5.69 Å². The number of anilines is 1. The standard InChI is InChI=1S/C17H28N4/c1-13(2)17-19-12-16(21-9-5-3-4-6-10-21)15(20-17)11-18-14-7-8-14/h12-14,18H,3-11H2,1-2H3. The van der Waals surface area contributed by atoms with Gasteiger partial charge in [0.25, 0.3) is 0 Å². The van der Waals surface area contributed by atoms with Crippen LogP contribution in [-0.4, -0.2) is 29.1 Å². The van der Waals surface area contributed by atoms with Gasteiger partial charge < -0.3 is 10.2 Å². The van der Waals surface area contributed by atoms with Gasteiger partial charge >= 0.3 is 0 Å². The van der Waals surface area contributed by atoms with E-state index >= 15 is 0 Å². The molecule has 21 heavy (non-hydrogen) atoms. The monoisotopic (exact) mass is 288 g/mol. The largest absolute Gasteiger partial charge is 0.369 e. The molecular formula is C17H28N4. The molecule has 2 aliphatic rings. The van der Waals surface area contributed by atoms with Crippen molar-refractivity contribution in [2.45, 2.75) is 70.9 Å². The summed E-state index contributed by atoms with van der Waals surface area (Å²) in [5.74, 6) is 1.36. The molecule has 4 heteroatoms. The van der Waals surface area contributed by atoms with E-state index in [1.165, 1.54) is 49.9 Å². The molecule has 1 saturated heterocycles. The van der Waals surface area contributed by atoms with Crippen LogP contribution in [0.4, 0.5) is 5.69 Å². The first-order valence-corrected chi connectivity index (χ1v) is 8.58. The molecule has 0 bridgehead atoms. The third kappa shape index (κ3) is 3.94. The summed E-state index contributed by atoms with van der Waals surface area (Å²) in [6.45, 7) is 7.53. The second-order valence-corrected chi connectivity index (χ2v) is 6.77. The summed E-state index contributed by atoms with van der Waals surface area (Å²) in [6.07, 6.45) is 10.0. The fraction of sp³-hybridized carbons (Fsp3) is 0.765. The predicted octanol–water partition coefficient (Wildman–Crippen LogP) is 3.23. The van der Waals surface area contributed by atoms with Crippen LogP contribution in [0.15, 0.2) is 6.20 Å². The maximum absolute atomic E-state index is 4.86. The first-order valence-electron chi connectivity index (χ1n) is 8.58. The average molecular weight is 288 g/mol. The number of nitrogens with one attached hydrogen (secondary N) is 1. The van der Waals surface area contributed by atoms with Crippen molar-refractivity contribution in [3.63, 3.8) is 0 Å². The van der Waals surface area contributed by atoms with Gasteiger partial charge in [0.1, 0.15) is 5.82 Å². The Kier molecular flexibility index (Phi) is 4.73. The molecule has 2 fully saturated rings. The van der Waals surface area contributed by atoms with E-state index in [0.717, 1.165) is 31.5 Å². The van der Waals surface area contributed by atoms with Gasteiger partial charge in [0.2, 0.25) is 0 Å². The highest BCUT2D eigenvalue weighted by Crippen LogP contribution is 2.25. The number of nitrogens with zero attached hydrogens (tertiary/aromatic N) is 3. The highest BCUT2D eigenvalue weighted by atomic mass is 15.2. The summed E-state index contributed by atoms with van der Waals surface area (Å²) in [5.41, 5.74) is 2.46. The minimum atomic E-state index is 0.392. The fourth-order valence-corrected chi connectivity index (χ4v) is 2.94. The molecule has 0 amide bonds.